The van der Waals surface area contributed by atoms with Gasteiger partial charge in [0, 0.05) is 29.6 Å². The van der Waals surface area contributed by atoms with Gasteiger partial charge in [0.15, 0.2) is 17.5 Å². The maximum atomic E-state index is 14.8. The van der Waals surface area contributed by atoms with Gasteiger partial charge in [-0.05, 0) is 62.4 Å². The van der Waals surface area contributed by atoms with Crippen molar-refractivity contribution in [2.24, 2.45) is 5.41 Å². The lowest BCUT2D eigenvalue weighted by molar-refractivity contribution is -0.141. The number of benzene rings is 2. The summed E-state index contributed by atoms with van der Waals surface area (Å²) < 4.78 is 65.3. The summed E-state index contributed by atoms with van der Waals surface area (Å²) in [5.74, 6) is -5.44. The molecule has 210 valence electrons. The van der Waals surface area contributed by atoms with E-state index in [1.54, 1.807) is 18.2 Å². The van der Waals surface area contributed by atoms with Crippen LogP contribution in [-0.2, 0) is 4.79 Å². The second-order valence-corrected chi connectivity index (χ2v) is 9.92. The number of halogens is 4. The van der Waals surface area contributed by atoms with Crippen LogP contribution in [0.5, 0.6) is 11.5 Å². The van der Waals surface area contributed by atoms with Crippen LogP contribution in [0.2, 0.25) is 0 Å². The fourth-order valence-electron chi connectivity index (χ4n) is 5.22. The van der Waals surface area contributed by atoms with Gasteiger partial charge in [-0.2, -0.15) is 0 Å². The molecule has 1 saturated heterocycles. The summed E-state index contributed by atoms with van der Waals surface area (Å²) in [7, 11) is 1.49. The molecule has 1 atom stereocenters. The SMILES string of the molecule is COc1ccc2ncc(F)c(C(O)CCC3(CC(=O)O)CCN(CCOc4cc(F)c(F)c(F)c4)CC3)c2c1. The molecule has 11 heteroatoms. The third-order valence-corrected chi connectivity index (χ3v) is 7.43. The first-order valence-electron chi connectivity index (χ1n) is 12.6. The molecular formula is C28H30F4N2O5. The van der Waals surface area contributed by atoms with Gasteiger partial charge >= 0.3 is 5.97 Å². The first-order chi connectivity index (χ1) is 18.6. The van der Waals surface area contributed by atoms with E-state index >= 15 is 0 Å². The number of rotatable bonds is 11. The zero-order chi connectivity index (χ0) is 28.2. The normalized spacial score (nSPS) is 16.3. The van der Waals surface area contributed by atoms with Crippen molar-refractivity contribution in [1.82, 2.24) is 9.88 Å². The average Bonchev–Trinajstić information content (AvgIpc) is 2.90. The first kappa shape index (κ1) is 28.6. The maximum Gasteiger partial charge on any atom is 0.303 e. The van der Waals surface area contributed by atoms with Crippen molar-refractivity contribution < 1.29 is 42.0 Å². The van der Waals surface area contributed by atoms with Crippen molar-refractivity contribution in [1.29, 1.82) is 0 Å². The standard InChI is InChI=1S/C28H30F4N2O5/c1-38-17-2-3-23-19(12-17)26(22(31)16-33-23)24(35)4-5-28(15-25(36)37)6-8-34(9-7-28)10-11-39-18-13-20(29)27(32)21(30)14-18/h2-3,12-14,16,24,35H,4-11,15H2,1H3,(H,36,37). The van der Waals surface area contributed by atoms with E-state index in [1.807, 2.05) is 4.90 Å². The van der Waals surface area contributed by atoms with Crippen molar-refractivity contribution in [2.75, 3.05) is 33.4 Å². The molecule has 39 heavy (non-hydrogen) atoms. The van der Waals surface area contributed by atoms with Crippen LogP contribution in [0.3, 0.4) is 0 Å². The average molecular weight is 551 g/mol. The summed E-state index contributed by atoms with van der Waals surface area (Å²) in [6.07, 6.45) is 1.38. The van der Waals surface area contributed by atoms with Crippen LogP contribution in [-0.4, -0.2) is 59.4 Å². The Bertz CT molecular complexity index is 1310. The van der Waals surface area contributed by atoms with Crippen molar-refractivity contribution in [3.63, 3.8) is 0 Å². The number of fused-ring (bicyclic) bond motifs is 1. The van der Waals surface area contributed by atoms with Gasteiger partial charge in [-0.3, -0.25) is 14.7 Å². The zero-order valence-corrected chi connectivity index (χ0v) is 21.4. The lowest BCUT2D eigenvalue weighted by atomic mass is 9.71. The van der Waals surface area contributed by atoms with Crippen molar-refractivity contribution in [3.05, 3.63) is 65.4 Å². The lowest BCUT2D eigenvalue weighted by Crippen LogP contribution is -2.42. The number of aliphatic hydroxyl groups is 1. The number of nitrogens with zero attached hydrogens (tertiary/aromatic N) is 2. The summed E-state index contributed by atoms with van der Waals surface area (Å²) in [6, 6.07) is 6.55. The number of piperidine rings is 1. The molecule has 4 rings (SSSR count). The van der Waals surface area contributed by atoms with Crippen molar-refractivity contribution in [2.45, 2.75) is 38.2 Å². The van der Waals surface area contributed by atoms with Gasteiger partial charge in [0.1, 0.15) is 23.9 Å². The minimum Gasteiger partial charge on any atom is -0.497 e. The predicted molar refractivity (Wildman–Crippen MR) is 135 cm³/mol. The molecule has 0 spiro atoms. The van der Waals surface area contributed by atoms with Crippen LogP contribution in [0, 0.1) is 28.7 Å². The second kappa shape index (κ2) is 12.2. The Hall–Kier alpha value is -3.44. The summed E-state index contributed by atoms with van der Waals surface area (Å²) in [6.45, 7) is 1.61. The smallest absolute Gasteiger partial charge is 0.303 e. The molecule has 7 nitrogen and oxygen atoms in total. The van der Waals surface area contributed by atoms with Crippen LogP contribution in [0.1, 0.15) is 43.8 Å². The predicted octanol–water partition coefficient (Wildman–Crippen LogP) is 5.25. The number of pyridine rings is 1. The van der Waals surface area contributed by atoms with E-state index in [9.17, 15) is 32.6 Å². The molecule has 1 unspecified atom stereocenters. The van der Waals surface area contributed by atoms with Crippen LogP contribution < -0.4 is 9.47 Å². The Morgan fingerprint density at radius 1 is 1.08 bits per heavy atom. The number of aliphatic carboxylic acids is 1. The van der Waals surface area contributed by atoms with E-state index in [1.165, 1.54) is 7.11 Å². The first-order valence-corrected chi connectivity index (χ1v) is 12.6. The molecule has 1 aromatic heterocycles. The molecule has 2 heterocycles. The maximum absolute atomic E-state index is 14.8. The molecule has 2 N–H and O–H groups in total. The monoisotopic (exact) mass is 550 g/mol. The Labute approximate surface area is 223 Å². The molecule has 2 aromatic carbocycles. The van der Waals surface area contributed by atoms with Gasteiger partial charge in [-0.15, -0.1) is 0 Å². The van der Waals surface area contributed by atoms with Crippen LogP contribution in [0.15, 0.2) is 36.5 Å². The zero-order valence-electron chi connectivity index (χ0n) is 21.4. The van der Waals surface area contributed by atoms with Crippen molar-refractivity contribution >= 4 is 16.9 Å². The third kappa shape index (κ3) is 6.77. The van der Waals surface area contributed by atoms with Gasteiger partial charge in [0.2, 0.25) is 0 Å². The van der Waals surface area contributed by atoms with Gasteiger partial charge < -0.3 is 19.7 Å². The molecule has 0 bridgehead atoms. The van der Waals surface area contributed by atoms with E-state index in [0.29, 0.717) is 55.5 Å². The summed E-state index contributed by atoms with van der Waals surface area (Å²) in [4.78, 5) is 17.8. The number of aromatic nitrogens is 1. The largest absolute Gasteiger partial charge is 0.497 e. The highest BCUT2D eigenvalue weighted by atomic mass is 19.2. The number of hydrogen-bond donors (Lipinski definition) is 2. The quantitative estimate of drug-likeness (QED) is 0.249. The molecule has 1 fully saturated rings. The molecule has 0 saturated carbocycles. The third-order valence-electron chi connectivity index (χ3n) is 7.43. The highest BCUT2D eigenvalue weighted by Gasteiger charge is 2.37. The van der Waals surface area contributed by atoms with Crippen molar-refractivity contribution in [3.8, 4) is 11.5 Å². The fourth-order valence-corrected chi connectivity index (χ4v) is 5.22. The Morgan fingerprint density at radius 2 is 1.77 bits per heavy atom. The van der Waals surface area contributed by atoms with Gasteiger partial charge in [0.05, 0.1) is 31.3 Å². The number of methoxy groups -OCH3 is 1. The molecular weight excluding hydrogens is 520 g/mol. The molecule has 0 amide bonds. The van der Waals surface area contributed by atoms with Crippen LogP contribution >= 0.6 is 0 Å². The highest BCUT2D eigenvalue weighted by Crippen LogP contribution is 2.42. The van der Waals surface area contributed by atoms with Crippen LogP contribution in [0.4, 0.5) is 17.6 Å². The van der Waals surface area contributed by atoms with E-state index in [0.717, 1.165) is 18.3 Å². The second-order valence-electron chi connectivity index (χ2n) is 9.92. The minimum absolute atomic E-state index is 0.0917. The van der Waals surface area contributed by atoms with Crippen LogP contribution in [0.25, 0.3) is 10.9 Å². The van der Waals surface area contributed by atoms with E-state index < -0.39 is 40.8 Å². The Morgan fingerprint density at radius 3 is 2.41 bits per heavy atom. The van der Waals surface area contributed by atoms with Gasteiger partial charge in [0.25, 0.3) is 0 Å². The summed E-state index contributed by atoms with van der Waals surface area (Å²) in [5, 5.41) is 21.0. The number of carboxylic acid groups (broad SMARTS) is 1. The van der Waals surface area contributed by atoms with E-state index in [4.69, 9.17) is 9.47 Å². The lowest BCUT2D eigenvalue weighted by Gasteiger charge is -2.41. The summed E-state index contributed by atoms with van der Waals surface area (Å²) >= 11 is 0. The Balaban J connectivity index is 1.38. The van der Waals surface area contributed by atoms with E-state index in [2.05, 4.69) is 4.98 Å². The highest BCUT2D eigenvalue weighted by molar-refractivity contribution is 5.84. The number of ether oxygens (including phenoxy) is 2. The van der Waals surface area contributed by atoms with E-state index in [-0.39, 0.29) is 30.8 Å². The van der Waals surface area contributed by atoms with Gasteiger partial charge in [-0.25, -0.2) is 17.6 Å². The minimum atomic E-state index is -1.56. The molecule has 0 aliphatic carbocycles. The number of carbonyl (C=O) groups is 1. The number of aliphatic hydroxyl groups excluding tert-OH is 1. The molecule has 1 aliphatic rings. The number of hydrogen-bond acceptors (Lipinski definition) is 6. The molecule has 3 aromatic rings. The molecule has 1 aliphatic heterocycles. The summed E-state index contributed by atoms with van der Waals surface area (Å²) in [5.41, 5.74) is 0.0189. The topological polar surface area (TPSA) is 92.1 Å². The molecule has 0 radical (unpaired) electrons. The van der Waals surface area contributed by atoms with Gasteiger partial charge in [-0.1, -0.05) is 0 Å². The Kier molecular flexibility index (Phi) is 8.91. The number of likely N-dealkylation sites (tertiary alicyclic amines) is 1. The number of carboxylic acids is 1. The fraction of sp³-hybridized carbons (Fsp3) is 0.429.